The van der Waals surface area contributed by atoms with Gasteiger partial charge in [-0.15, -0.1) is 0 Å². The van der Waals surface area contributed by atoms with Crippen molar-refractivity contribution in [2.45, 2.75) is 6.42 Å². The third-order valence-electron chi connectivity index (χ3n) is 3.55. The van der Waals surface area contributed by atoms with Crippen molar-refractivity contribution >= 4 is 5.97 Å². The molecular weight excluding hydrogens is 296 g/mol. The molecule has 1 aliphatic rings. The van der Waals surface area contributed by atoms with E-state index in [0.717, 1.165) is 17.5 Å². The van der Waals surface area contributed by atoms with Crippen molar-refractivity contribution in [3.8, 4) is 11.1 Å². The van der Waals surface area contributed by atoms with Crippen LogP contribution in [0.4, 0.5) is 0 Å². The summed E-state index contributed by atoms with van der Waals surface area (Å²) < 4.78 is 4.63. The molecule has 0 aliphatic heterocycles. The lowest BCUT2D eigenvalue weighted by molar-refractivity contribution is 0.0650. The number of rotatable bonds is 5. The van der Waals surface area contributed by atoms with E-state index in [1.807, 2.05) is 30.3 Å². The summed E-state index contributed by atoms with van der Waals surface area (Å²) in [6, 6.07) is 13.6. The van der Waals surface area contributed by atoms with Crippen molar-refractivity contribution < 1.29 is 24.9 Å². The number of carboxylic acid groups (broad SMARTS) is 1. The van der Waals surface area contributed by atoms with Crippen molar-refractivity contribution in [3.05, 3.63) is 59.2 Å². The van der Waals surface area contributed by atoms with Crippen molar-refractivity contribution in [3.63, 3.8) is 0 Å². The molecule has 1 aliphatic carbocycles. The molecule has 0 heterocycles. The van der Waals surface area contributed by atoms with Gasteiger partial charge in [0.15, 0.2) is 0 Å². The van der Waals surface area contributed by atoms with Gasteiger partial charge in [-0.1, -0.05) is 36.4 Å². The van der Waals surface area contributed by atoms with E-state index in [1.54, 1.807) is 6.07 Å². The van der Waals surface area contributed by atoms with Gasteiger partial charge in [-0.3, -0.25) is 0 Å². The minimum atomic E-state index is -0.843. The molecule has 0 radical (unpaired) electrons. The Morgan fingerprint density at radius 3 is 2.26 bits per heavy atom. The Balaban J connectivity index is 0.000000236. The van der Waals surface area contributed by atoms with Gasteiger partial charge in [0.05, 0.1) is 32.0 Å². The molecule has 5 nitrogen and oxygen atoms in total. The molecule has 2 aromatic carbocycles. The highest BCUT2D eigenvalue weighted by Gasteiger charge is 2.22. The number of hydrogen-bond acceptors (Lipinski definition) is 4. The van der Waals surface area contributed by atoms with E-state index in [0.29, 0.717) is 18.8 Å². The second-order valence-electron chi connectivity index (χ2n) is 5.03. The average molecular weight is 316 g/mol. The van der Waals surface area contributed by atoms with Crippen LogP contribution >= 0.6 is 0 Å². The van der Waals surface area contributed by atoms with E-state index in [2.05, 4.69) is 10.8 Å². The zero-order valence-corrected chi connectivity index (χ0v) is 12.7. The number of aromatic carboxylic acids is 1. The van der Waals surface area contributed by atoms with Gasteiger partial charge in [0, 0.05) is 0 Å². The number of carbonyl (C=O) groups is 1. The van der Waals surface area contributed by atoms with Crippen LogP contribution in [0.1, 0.15) is 21.5 Å². The van der Waals surface area contributed by atoms with Crippen LogP contribution in [0.25, 0.3) is 11.1 Å². The summed E-state index contributed by atoms with van der Waals surface area (Å²) in [4.78, 5) is 11.1. The molecule has 0 aromatic heterocycles. The lowest BCUT2D eigenvalue weighted by Crippen LogP contribution is -2.03. The van der Waals surface area contributed by atoms with Crippen molar-refractivity contribution in [2.75, 3.05) is 26.4 Å². The quantitative estimate of drug-likeness (QED) is 0.626. The predicted octanol–water partition coefficient (Wildman–Crippen LogP) is 1.94. The molecule has 5 heteroatoms. The van der Waals surface area contributed by atoms with Gasteiger partial charge in [0.2, 0.25) is 0 Å². The summed E-state index contributed by atoms with van der Waals surface area (Å²) in [5.41, 5.74) is 4.81. The maximum Gasteiger partial charge on any atom is 0.335 e. The molecule has 3 N–H and O–H groups in total. The lowest BCUT2D eigenvalue weighted by atomic mass is 10.0. The highest BCUT2D eigenvalue weighted by Crippen LogP contribution is 2.37. The first-order chi connectivity index (χ1) is 11.2. The topological polar surface area (TPSA) is 87.0 Å². The van der Waals surface area contributed by atoms with Gasteiger partial charge in [-0.05, 0) is 34.7 Å². The maximum atomic E-state index is 11.1. The van der Waals surface area contributed by atoms with E-state index in [1.165, 1.54) is 11.1 Å². The molecule has 0 saturated carbocycles. The van der Waals surface area contributed by atoms with E-state index < -0.39 is 5.97 Å². The summed E-state index contributed by atoms with van der Waals surface area (Å²) in [5, 5.41) is 25.3. The van der Waals surface area contributed by atoms with Crippen molar-refractivity contribution in [1.29, 1.82) is 0 Å². The average Bonchev–Trinajstić information content (AvgIpc) is 2.94. The van der Waals surface area contributed by atoms with Gasteiger partial charge in [0.1, 0.15) is 0 Å². The molecule has 0 bridgehead atoms. The van der Waals surface area contributed by atoms with E-state index in [9.17, 15) is 4.79 Å². The Labute approximate surface area is 134 Å². The largest absolute Gasteiger partial charge is 0.478 e. The number of fused-ring (bicyclic) bond motifs is 3. The molecule has 3 rings (SSSR count). The van der Waals surface area contributed by atoms with E-state index >= 15 is 0 Å². The van der Waals surface area contributed by atoms with Crippen LogP contribution in [0.3, 0.4) is 0 Å². The van der Waals surface area contributed by atoms with Crippen LogP contribution in [-0.2, 0) is 11.2 Å². The first kappa shape index (κ1) is 17.1. The van der Waals surface area contributed by atoms with Crippen LogP contribution in [0, 0.1) is 0 Å². The molecule has 0 saturated heterocycles. The summed E-state index contributed by atoms with van der Waals surface area (Å²) in [7, 11) is 0. The normalized spacial score (nSPS) is 11.2. The summed E-state index contributed by atoms with van der Waals surface area (Å²) >= 11 is 0. The molecule has 122 valence electrons. The standard InChI is InChI=1S/C14H10O2.C4H10O3/c15-14(16)12-7-3-6-11-10-5-2-1-4-9(10)8-13(11)12;5-1-3-7-4-2-6/h1-7H,8H2,(H,15,16);5-6H,1-4H2. The highest BCUT2D eigenvalue weighted by molar-refractivity contribution is 5.94. The predicted molar refractivity (Wildman–Crippen MR) is 86.6 cm³/mol. The lowest BCUT2D eigenvalue weighted by Gasteiger charge is -2.03. The molecular formula is C18H20O5. The number of ether oxygens (including phenoxy) is 1. The van der Waals surface area contributed by atoms with Gasteiger partial charge in [0.25, 0.3) is 0 Å². The van der Waals surface area contributed by atoms with E-state index in [4.69, 9.17) is 15.3 Å². The number of aliphatic hydroxyl groups excluding tert-OH is 2. The fourth-order valence-corrected chi connectivity index (χ4v) is 2.59. The SMILES string of the molecule is O=C(O)c1cccc2c1Cc1ccccc1-2.OCCOCCO. The van der Waals surface area contributed by atoms with E-state index in [-0.39, 0.29) is 13.2 Å². The molecule has 0 spiro atoms. The Morgan fingerprint density at radius 1 is 0.957 bits per heavy atom. The second-order valence-corrected chi connectivity index (χ2v) is 5.03. The van der Waals surface area contributed by atoms with Crippen LogP contribution in [0.15, 0.2) is 42.5 Å². The van der Waals surface area contributed by atoms with Gasteiger partial charge < -0.3 is 20.1 Å². The fraction of sp³-hybridized carbons (Fsp3) is 0.278. The highest BCUT2D eigenvalue weighted by atomic mass is 16.5. The third kappa shape index (κ3) is 4.16. The minimum Gasteiger partial charge on any atom is -0.478 e. The minimum absolute atomic E-state index is 0.0278. The van der Waals surface area contributed by atoms with Gasteiger partial charge in [-0.2, -0.15) is 0 Å². The number of benzene rings is 2. The Bertz CT molecular complexity index is 662. The first-order valence-corrected chi connectivity index (χ1v) is 7.42. The third-order valence-corrected chi connectivity index (χ3v) is 3.55. The summed E-state index contributed by atoms with van der Waals surface area (Å²) in [6.45, 7) is 0.696. The molecule has 2 aromatic rings. The molecule has 0 atom stereocenters. The molecule has 23 heavy (non-hydrogen) atoms. The molecule has 0 amide bonds. The number of hydrogen-bond donors (Lipinski definition) is 3. The van der Waals surface area contributed by atoms with Crippen LogP contribution in [-0.4, -0.2) is 47.7 Å². The maximum absolute atomic E-state index is 11.1. The summed E-state index contributed by atoms with van der Waals surface area (Å²) in [5.74, 6) is -0.843. The Morgan fingerprint density at radius 2 is 1.61 bits per heavy atom. The van der Waals surface area contributed by atoms with Crippen LogP contribution < -0.4 is 0 Å². The molecule has 0 fully saturated rings. The van der Waals surface area contributed by atoms with Crippen molar-refractivity contribution in [2.24, 2.45) is 0 Å². The van der Waals surface area contributed by atoms with Gasteiger partial charge in [-0.25, -0.2) is 4.79 Å². The monoisotopic (exact) mass is 316 g/mol. The van der Waals surface area contributed by atoms with Gasteiger partial charge >= 0.3 is 5.97 Å². The zero-order valence-electron chi connectivity index (χ0n) is 12.7. The smallest absolute Gasteiger partial charge is 0.335 e. The Kier molecular flexibility index (Phi) is 6.29. The first-order valence-electron chi connectivity index (χ1n) is 7.42. The number of carboxylic acids is 1. The van der Waals surface area contributed by atoms with Crippen LogP contribution in [0.5, 0.6) is 0 Å². The fourth-order valence-electron chi connectivity index (χ4n) is 2.59. The van der Waals surface area contributed by atoms with Crippen LogP contribution in [0.2, 0.25) is 0 Å². The second kappa shape index (κ2) is 8.43. The molecule has 0 unspecified atom stereocenters. The number of aliphatic hydroxyl groups is 2. The van der Waals surface area contributed by atoms with Crippen molar-refractivity contribution in [1.82, 2.24) is 0 Å². The Hall–Kier alpha value is -2.21. The zero-order chi connectivity index (χ0) is 16.7. The summed E-state index contributed by atoms with van der Waals surface area (Å²) in [6.07, 6.45) is 0.730.